The van der Waals surface area contributed by atoms with Crippen molar-refractivity contribution in [2.24, 2.45) is 0 Å². The first-order chi connectivity index (χ1) is 9.04. The second kappa shape index (κ2) is 5.48. The Labute approximate surface area is 113 Å². The fraction of sp³-hybridized carbons (Fsp3) is 0.500. The van der Waals surface area contributed by atoms with Crippen molar-refractivity contribution in [3.05, 3.63) is 23.8 Å². The molecule has 1 heterocycles. The number of carbonyl (C=O) groups excluding carboxylic acids is 1. The average Bonchev–Trinajstić information content (AvgIpc) is 2.84. The van der Waals surface area contributed by atoms with E-state index >= 15 is 0 Å². The van der Waals surface area contributed by atoms with E-state index in [4.69, 9.17) is 15.2 Å². The average molecular weight is 264 g/mol. The molecule has 0 aliphatic carbocycles. The molecule has 0 amide bonds. The first-order valence-electron chi connectivity index (χ1n) is 6.37. The second-order valence-corrected chi connectivity index (χ2v) is 4.81. The molecule has 0 spiro atoms. The Hall–Kier alpha value is -1.75. The second-order valence-electron chi connectivity index (χ2n) is 4.81. The first kappa shape index (κ1) is 13.7. The summed E-state index contributed by atoms with van der Waals surface area (Å²) in [5.74, 6) is -0.413. The van der Waals surface area contributed by atoms with E-state index in [1.807, 2.05) is 13.1 Å². The molecule has 2 atom stereocenters. The van der Waals surface area contributed by atoms with Gasteiger partial charge in [-0.25, -0.2) is 4.79 Å². The predicted molar refractivity (Wildman–Crippen MR) is 74.4 cm³/mol. The molecule has 0 saturated carbocycles. The zero-order chi connectivity index (χ0) is 14.0. The summed E-state index contributed by atoms with van der Waals surface area (Å²) in [6.45, 7) is 2.84. The Bertz CT molecular complexity index is 476. The lowest BCUT2D eigenvalue weighted by molar-refractivity contribution is 0.0602. The number of carbonyl (C=O) groups is 1. The van der Waals surface area contributed by atoms with E-state index in [0.717, 1.165) is 18.7 Å². The Morgan fingerprint density at radius 1 is 1.53 bits per heavy atom. The third-order valence-corrected chi connectivity index (χ3v) is 3.68. The topological polar surface area (TPSA) is 64.8 Å². The molecule has 2 unspecified atom stereocenters. The van der Waals surface area contributed by atoms with Gasteiger partial charge in [0, 0.05) is 25.0 Å². The minimum atomic E-state index is -0.413. The zero-order valence-corrected chi connectivity index (χ0v) is 11.6. The van der Waals surface area contributed by atoms with Crippen LogP contribution in [0.1, 0.15) is 23.7 Å². The van der Waals surface area contributed by atoms with Gasteiger partial charge in [0.25, 0.3) is 0 Å². The summed E-state index contributed by atoms with van der Waals surface area (Å²) in [4.78, 5) is 13.8. The van der Waals surface area contributed by atoms with Gasteiger partial charge in [0.1, 0.15) is 0 Å². The molecule has 2 rings (SSSR count). The summed E-state index contributed by atoms with van der Waals surface area (Å²) in [6, 6.07) is 5.73. The SMILES string of the molecule is COC(=O)c1cc(N(C)C2CCOC2C)ccc1N. The van der Waals surface area contributed by atoms with Crippen LogP contribution < -0.4 is 10.6 Å². The molecule has 5 nitrogen and oxygen atoms in total. The zero-order valence-electron chi connectivity index (χ0n) is 11.6. The number of esters is 1. The van der Waals surface area contributed by atoms with E-state index in [9.17, 15) is 4.79 Å². The molecule has 1 aliphatic heterocycles. The van der Waals surface area contributed by atoms with Crippen LogP contribution in [0, 0.1) is 0 Å². The van der Waals surface area contributed by atoms with Crippen molar-refractivity contribution in [2.75, 3.05) is 31.4 Å². The van der Waals surface area contributed by atoms with E-state index in [1.165, 1.54) is 7.11 Å². The quantitative estimate of drug-likeness (QED) is 0.664. The molecule has 1 aliphatic rings. The normalized spacial score (nSPS) is 22.3. The summed E-state index contributed by atoms with van der Waals surface area (Å²) in [5, 5.41) is 0. The minimum Gasteiger partial charge on any atom is -0.465 e. The molecule has 5 heteroatoms. The number of benzene rings is 1. The van der Waals surface area contributed by atoms with Gasteiger partial charge in [0.2, 0.25) is 0 Å². The van der Waals surface area contributed by atoms with Crippen LogP contribution in [0.5, 0.6) is 0 Å². The Morgan fingerprint density at radius 2 is 2.26 bits per heavy atom. The van der Waals surface area contributed by atoms with Gasteiger partial charge in [-0.2, -0.15) is 0 Å². The van der Waals surface area contributed by atoms with Crippen LogP contribution in [0.25, 0.3) is 0 Å². The number of nitrogen functional groups attached to an aromatic ring is 1. The number of rotatable bonds is 3. The van der Waals surface area contributed by atoms with Crippen molar-refractivity contribution < 1.29 is 14.3 Å². The number of likely N-dealkylation sites (N-methyl/N-ethyl adjacent to an activating group) is 1. The van der Waals surface area contributed by atoms with Gasteiger partial charge >= 0.3 is 5.97 Å². The predicted octanol–water partition coefficient (Wildman–Crippen LogP) is 1.67. The van der Waals surface area contributed by atoms with Crippen LogP contribution in [0.15, 0.2) is 18.2 Å². The van der Waals surface area contributed by atoms with Crippen molar-refractivity contribution in [2.45, 2.75) is 25.5 Å². The lowest BCUT2D eigenvalue weighted by atomic mass is 10.1. The monoisotopic (exact) mass is 264 g/mol. The molecule has 19 heavy (non-hydrogen) atoms. The van der Waals surface area contributed by atoms with Crippen molar-refractivity contribution >= 4 is 17.3 Å². The summed E-state index contributed by atoms with van der Waals surface area (Å²) in [7, 11) is 3.35. The standard InChI is InChI=1S/C14H20N2O3/c1-9-13(6-7-19-9)16(2)10-4-5-12(15)11(8-10)14(17)18-3/h4-5,8-9,13H,6-7,15H2,1-3H3. The highest BCUT2D eigenvalue weighted by molar-refractivity contribution is 5.96. The molecule has 104 valence electrons. The number of anilines is 2. The van der Waals surface area contributed by atoms with Gasteiger partial charge in [-0.3, -0.25) is 0 Å². The van der Waals surface area contributed by atoms with E-state index in [0.29, 0.717) is 17.3 Å². The van der Waals surface area contributed by atoms with Crippen LogP contribution in [0.4, 0.5) is 11.4 Å². The summed E-state index contributed by atoms with van der Waals surface area (Å²) < 4.78 is 10.3. The molecule has 1 fully saturated rings. The van der Waals surface area contributed by atoms with E-state index in [2.05, 4.69) is 11.8 Å². The van der Waals surface area contributed by atoms with Gasteiger partial charge in [-0.15, -0.1) is 0 Å². The van der Waals surface area contributed by atoms with E-state index in [-0.39, 0.29) is 6.10 Å². The number of hydrogen-bond donors (Lipinski definition) is 1. The third kappa shape index (κ3) is 2.66. The van der Waals surface area contributed by atoms with Crippen LogP contribution >= 0.6 is 0 Å². The minimum absolute atomic E-state index is 0.184. The Kier molecular flexibility index (Phi) is 3.95. The van der Waals surface area contributed by atoms with Gasteiger partial charge in [0.05, 0.1) is 24.8 Å². The number of nitrogens with zero attached hydrogens (tertiary/aromatic N) is 1. The van der Waals surface area contributed by atoms with E-state index in [1.54, 1.807) is 12.1 Å². The highest BCUT2D eigenvalue weighted by Crippen LogP contribution is 2.27. The fourth-order valence-corrected chi connectivity index (χ4v) is 2.47. The lowest BCUT2D eigenvalue weighted by Gasteiger charge is -2.29. The summed E-state index contributed by atoms with van der Waals surface area (Å²) in [5.41, 5.74) is 7.58. The number of methoxy groups -OCH3 is 1. The molecule has 2 N–H and O–H groups in total. The fourth-order valence-electron chi connectivity index (χ4n) is 2.47. The number of ether oxygens (including phenoxy) is 2. The largest absolute Gasteiger partial charge is 0.465 e. The summed E-state index contributed by atoms with van der Waals surface area (Å²) >= 11 is 0. The van der Waals surface area contributed by atoms with Crippen molar-refractivity contribution in [1.82, 2.24) is 0 Å². The van der Waals surface area contributed by atoms with Crippen molar-refractivity contribution in [3.63, 3.8) is 0 Å². The molecular weight excluding hydrogens is 244 g/mol. The van der Waals surface area contributed by atoms with Crippen molar-refractivity contribution in [3.8, 4) is 0 Å². The molecule has 1 aromatic rings. The molecule has 1 saturated heterocycles. The molecule has 0 bridgehead atoms. The van der Waals surface area contributed by atoms with Gasteiger partial charge in [0.15, 0.2) is 0 Å². The highest BCUT2D eigenvalue weighted by atomic mass is 16.5. The smallest absolute Gasteiger partial charge is 0.340 e. The molecular formula is C14H20N2O3. The highest BCUT2D eigenvalue weighted by Gasteiger charge is 2.28. The Morgan fingerprint density at radius 3 is 2.84 bits per heavy atom. The van der Waals surface area contributed by atoms with Gasteiger partial charge in [-0.05, 0) is 31.5 Å². The molecule has 0 aromatic heterocycles. The van der Waals surface area contributed by atoms with Gasteiger partial charge in [-0.1, -0.05) is 0 Å². The Balaban J connectivity index is 2.27. The maximum absolute atomic E-state index is 11.6. The van der Waals surface area contributed by atoms with E-state index < -0.39 is 5.97 Å². The van der Waals surface area contributed by atoms with Crippen LogP contribution in [0.3, 0.4) is 0 Å². The maximum atomic E-state index is 11.6. The maximum Gasteiger partial charge on any atom is 0.340 e. The number of nitrogens with two attached hydrogens (primary N) is 1. The summed E-state index contributed by atoms with van der Waals surface area (Å²) in [6.07, 6.45) is 1.17. The third-order valence-electron chi connectivity index (χ3n) is 3.68. The molecule has 1 aromatic carbocycles. The van der Waals surface area contributed by atoms with Crippen molar-refractivity contribution in [1.29, 1.82) is 0 Å². The first-order valence-corrected chi connectivity index (χ1v) is 6.37. The number of hydrogen-bond acceptors (Lipinski definition) is 5. The van der Waals surface area contributed by atoms with Crippen LogP contribution in [-0.4, -0.2) is 38.9 Å². The van der Waals surface area contributed by atoms with Crippen LogP contribution in [0.2, 0.25) is 0 Å². The lowest BCUT2D eigenvalue weighted by Crippen LogP contribution is -2.36. The van der Waals surface area contributed by atoms with Gasteiger partial charge < -0.3 is 20.1 Å². The molecule has 0 radical (unpaired) electrons. The van der Waals surface area contributed by atoms with Crippen LogP contribution in [-0.2, 0) is 9.47 Å².